The molecule has 2 fully saturated rings. The fraction of sp³-hybridized carbons (Fsp3) is 0.400. The molecule has 0 amide bonds. The quantitative estimate of drug-likeness (QED) is 0.837. The summed E-state index contributed by atoms with van der Waals surface area (Å²) in [7, 11) is 0. The molecule has 0 bridgehead atoms. The molecule has 8 heteroatoms. The monoisotopic (exact) mass is 348 g/mol. The standard InChI is InChI=1S/C15H10Cl2N4O2/c16-9-3-1-2-8(10(9)17)11-13(6-18)12(20)21-15(14(11,13)7-19)22-4-5-23-15/h1-3,11H,4-5H2,(H2,20,21). The van der Waals surface area contributed by atoms with E-state index < -0.39 is 22.7 Å². The van der Waals surface area contributed by atoms with E-state index in [9.17, 15) is 10.5 Å². The number of halogens is 2. The molecule has 0 radical (unpaired) electrons. The van der Waals surface area contributed by atoms with Gasteiger partial charge in [0.2, 0.25) is 0 Å². The third-order valence-electron chi connectivity index (χ3n) is 4.90. The van der Waals surface area contributed by atoms with Gasteiger partial charge in [0, 0.05) is 5.92 Å². The Morgan fingerprint density at radius 1 is 1.22 bits per heavy atom. The number of nitrogens with two attached hydrogens (primary N) is 1. The third-order valence-corrected chi connectivity index (χ3v) is 5.73. The molecule has 3 unspecified atom stereocenters. The third kappa shape index (κ3) is 1.35. The molecule has 1 spiro atoms. The van der Waals surface area contributed by atoms with Gasteiger partial charge in [-0.15, -0.1) is 0 Å². The van der Waals surface area contributed by atoms with Gasteiger partial charge in [-0.2, -0.15) is 10.5 Å². The summed E-state index contributed by atoms with van der Waals surface area (Å²) < 4.78 is 11.3. The molecule has 0 aromatic heterocycles. The second-order valence-electron chi connectivity index (χ2n) is 5.69. The van der Waals surface area contributed by atoms with Gasteiger partial charge in [-0.05, 0) is 11.6 Å². The van der Waals surface area contributed by atoms with E-state index in [0.717, 1.165) is 0 Å². The van der Waals surface area contributed by atoms with Gasteiger partial charge >= 0.3 is 0 Å². The Balaban J connectivity index is 1.97. The maximum atomic E-state index is 9.93. The zero-order valence-electron chi connectivity index (χ0n) is 11.7. The summed E-state index contributed by atoms with van der Waals surface area (Å²) in [6, 6.07) is 9.44. The molecule has 1 aromatic rings. The van der Waals surface area contributed by atoms with Gasteiger partial charge in [0.15, 0.2) is 5.41 Å². The van der Waals surface area contributed by atoms with Crippen LogP contribution in [-0.4, -0.2) is 25.0 Å². The fourth-order valence-corrected chi connectivity index (χ4v) is 4.35. The zero-order chi connectivity index (χ0) is 16.5. The van der Waals surface area contributed by atoms with Crippen LogP contribution in [0.2, 0.25) is 10.0 Å². The fourth-order valence-electron chi connectivity index (χ4n) is 3.93. The van der Waals surface area contributed by atoms with Crippen LogP contribution in [0.15, 0.2) is 23.2 Å². The van der Waals surface area contributed by atoms with Crippen molar-refractivity contribution in [1.82, 2.24) is 0 Å². The van der Waals surface area contributed by atoms with Crippen molar-refractivity contribution in [1.29, 1.82) is 10.5 Å². The van der Waals surface area contributed by atoms with Crippen molar-refractivity contribution in [2.45, 2.75) is 11.8 Å². The number of rotatable bonds is 1. The highest BCUT2D eigenvalue weighted by Gasteiger charge is 2.94. The van der Waals surface area contributed by atoms with Gasteiger partial charge in [0.05, 0.1) is 35.4 Å². The summed E-state index contributed by atoms with van der Waals surface area (Å²) in [6.07, 6.45) is 0. The molecule has 6 nitrogen and oxygen atoms in total. The molecule has 1 saturated heterocycles. The van der Waals surface area contributed by atoms with Crippen LogP contribution in [0.25, 0.3) is 0 Å². The first-order chi connectivity index (χ1) is 11.0. The maximum absolute atomic E-state index is 9.93. The minimum atomic E-state index is -1.56. The van der Waals surface area contributed by atoms with Gasteiger partial charge < -0.3 is 15.2 Å². The van der Waals surface area contributed by atoms with Crippen LogP contribution in [0.5, 0.6) is 0 Å². The molecule has 116 valence electrons. The highest BCUT2D eigenvalue weighted by Crippen LogP contribution is 2.82. The summed E-state index contributed by atoms with van der Waals surface area (Å²) in [4.78, 5) is 4.19. The SMILES string of the molecule is N#CC12C(N)=NC3(OCCO3)C1(C#N)C2c1cccc(Cl)c1Cl. The molecule has 2 heterocycles. The lowest BCUT2D eigenvalue weighted by molar-refractivity contribution is -0.184. The Labute approximate surface area is 142 Å². The molecular formula is C15H10Cl2N4O2. The van der Waals surface area contributed by atoms with Crippen LogP contribution in [0.3, 0.4) is 0 Å². The largest absolute Gasteiger partial charge is 0.386 e. The second-order valence-corrected chi connectivity index (χ2v) is 6.48. The van der Waals surface area contributed by atoms with E-state index >= 15 is 0 Å². The summed E-state index contributed by atoms with van der Waals surface area (Å²) >= 11 is 12.4. The van der Waals surface area contributed by atoms with Crippen LogP contribution in [0.1, 0.15) is 11.5 Å². The lowest BCUT2D eigenvalue weighted by Crippen LogP contribution is -2.38. The Kier molecular flexibility index (Phi) is 2.80. The first-order valence-electron chi connectivity index (χ1n) is 6.91. The minimum Gasteiger partial charge on any atom is -0.386 e. The lowest BCUT2D eigenvalue weighted by Gasteiger charge is -2.26. The number of ether oxygens (including phenoxy) is 2. The van der Waals surface area contributed by atoms with Crippen molar-refractivity contribution in [3.8, 4) is 12.1 Å². The number of nitriles is 2. The Hall–Kier alpha value is -1.83. The average molecular weight is 349 g/mol. The van der Waals surface area contributed by atoms with Gasteiger partial charge in [0.1, 0.15) is 11.3 Å². The van der Waals surface area contributed by atoms with Crippen LogP contribution >= 0.6 is 23.2 Å². The molecule has 2 aliphatic heterocycles. The molecule has 1 aromatic carbocycles. The Morgan fingerprint density at radius 2 is 1.91 bits per heavy atom. The zero-order valence-corrected chi connectivity index (χ0v) is 13.2. The minimum absolute atomic E-state index is 0.0319. The van der Waals surface area contributed by atoms with E-state index in [0.29, 0.717) is 15.6 Å². The normalized spacial score (nSPS) is 36.2. The first kappa shape index (κ1) is 14.7. The topological polar surface area (TPSA) is 104 Å². The smallest absolute Gasteiger partial charge is 0.293 e. The summed E-state index contributed by atoms with van der Waals surface area (Å²) in [5.74, 6) is -2.14. The van der Waals surface area contributed by atoms with E-state index in [2.05, 4.69) is 17.1 Å². The number of amidine groups is 1. The average Bonchev–Trinajstić information content (AvgIpc) is 2.78. The second kappa shape index (κ2) is 4.37. The van der Waals surface area contributed by atoms with E-state index in [4.69, 9.17) is 38.4 Å². The highest BCUT2D eigenvalue weighted by atomic mass is 35.5. The van der Waals surface area contributed by atoms with Crippen molar-refractivity contribution >= 4 is 29.0 Å². The molecule has 2 N–H and O–H groups in total. The molecule has 4 rings (SSSR count). The van der Waals surface area contributed by atoms with Crippen molar-refractivity contribution in [3.63, 3.8) is 0 Å². The van der Waals surface area contributed by atoms with Gasteiger partial charge in [-0.1, -0.05) is 35.3 Å². The van der Waals surface area contributed by atoms with Crippen LogP contribution < -0.4 is 5.73 Å². The number of benzene rings is 1. The lowest BCUT2D eigenvalue weighted by atomic mass is 9.94. The predicted molar refractivity (Wildman–Crippen MR) is 81.6 cm³/mol. The summed E-state index contributed by atoms with van der Waals surface area (Å²) in [6.45, 7) is 0.551. The van der Waals surface area contributed by atoms with Crippen LogP contribution in [-0.2, 0) is 9.47 Å². The molecule has 3 aliphatic rings. The van der Waals surface area contributed by atoms with Crippen molar-refractivity contribution in [3.05, 3.63) is 33.8 Å². The number of hydrogen-bond acceptors (Lipinski definition) is 6. The molecule has 23 heavy (non-hydrogen) atoms. The number of aliphatic imine (C=N–C) groups is 1. The van der Waals surface area contributed by atoms with E-state index in [1.54, 1.807) is 18.2 Å². The number of nitrogens with zero attached hydrogens (tertiary/aromatic N) is 3. The van der Waals surface area contributed by atoms with Gasteiger partial charge in [0.25, 0.3) is 5.91 Å². The maximum Gasteiger partial charge on any atom is 0.293 e. The van der Waals surface area contributed by atoms with E-state index in [1.165, 1.54) is 0 Å². The molecule has 1 saturated carbocycles. The van der Waals surface area contributed by atoms with Crippen molar-refractivity contribution < 1.29 is 9.47 Å². The predicted octanol–water partition coefficient (Wildman–Crippen LogP) is 2.18. The summed E-state index contributed by atoms with van der Waals surface area (Å²) in [5.41, 5.74) is 3.90. The van der Waals surface area contributed by atoms with Gasteiger partial charge in [-0.25, -0.2) is 4.99 Å². The molecule has 1 aliphatic carbocycles. The van der Waals surface area contributed by atoms with E-state index in [1.807, 2.05) is 0 Å². The van der Waals surface area contributed by atoms with Crippen LogP contribution in [0.4, 0.5) is 0 Å². The van der Waals surface area contributed by atoms with E-state index in [-0.39, 0.29) is 19.0 Å². The Morgan fingerprint density at radius 3 is 2.52 bits per heavy atom. The number of fused-ring (bicyclic) bond motifs is 2. The number of hydrogen-bond donors (Lipinski definition) is 1. The first-order valence-corrected chi connectivity index (χ1v) is 7.66. The highest BCUT2D eigenvalue weighted by molar-refractivity contribution is 6.42. The van der Waals surface area contributed by atoms with Gasteiger partial charge in [-0.3, -0.25) is 0 Å². The summed E-state index contributed by atoms with van der Waals surface area (Å²) in [5, 5.41) is 20.4. The van der Waals surface area contributed by atoms with Crippen molar-refractivity contribution in [2.24, 2.45) is 21.6 Å². The van der Waals surface area contributed by atoms with Crippen LogP contribution in [0, 0.1) is 33.5 Å². The molecular weight excluding hydrogens is 339 g/mol. The van der Waals surface area contributed by atoms with Crippen molar-refractivity contribution in [2.75, 3.05) is 13.2 Å². The molecule has 3 atom stereocenters. The Bertz CT molecular complexity index is 837.